The van der Waals surface area contributed by atoms with Crippen molar-refractivity contribution in [1.29, 1.82) is 0 Å². The lowest BCUT2D eigenvalue weighted by molar-refractivity contribution is -0.122. The molecule has 3 amide bonds. The normalized spacial score (nSPS) is 19.1. The highest BCUT2D eigenvalue weighted by molar-refractivity contribution is 8.01. The second-order valence-electron chi connectivity index (χ2n) is 7.58. The van der Waals surface area contributed by atoms with E-state index in [0.29, 0.717) is 15.2 Å². The standard InChI is InChI=1S/C20H22FN5O3S2/c21-13-5-7-15(8-6-13)26-10-12(9-17(26)28)18(29)23-19-24-25-20(31-19)30-11-16(27)22-14-3-1-2-4-14/h5-8,12,14H,1-4,9-11H2,(H,22,27)(H,23,24,29)/t12-/m0/s1. The molecule has 0 unspecified atom stereocenters. The number of halogens is 1. The van der Waals surface area contributed by atoms with Crippen LogP contribution in [0.5, 0.6) is 0 Å². The number of benzene rings is 1. The van der Waals surface area contributed by atoms with Crippen LogP contribution in [0, 0.1) is 11.7 Å². The van der Waals surface area contributed by atoms with Gasteiger partial charge >= 0.3 is 0 Å². The predicted molar refractivity (Wildman–Crippen MR) is 117 cm³/mol. The minimum absolute atomic E-state index is 0.0250. The van der Waals surface area contributed by atoms with Crippen LogP contribution in [0.1, 0.15) is 32.1 Å². The minimum atomic E-state index is -0.533. The Hall–Kier alpha value is -2.53. The first-order valence-corrected chi connectivity index (χ1v) is 11.9. The Morgan fingerprint density at radius 1 is 1.19 bits per heavy atom. The van der Waals surface area contributed by atoms with Gasteiger partial charge in [-0.25, -0.2) is 4.39 Å². The largest absolute Gasteiger partial charge is 0.353 e. The van der Waals surface area contributed by atoms with E-state index in [4.69, 9.17) is 0 Å². The lowest BCUT2D eigenvalue weighted by Gasteiger charge is -2.16. The van der Waals surface area contributed by atoms with E-state index in [9.17, 15) is 18.8 Å². The first-order chi connectivity index (χ1) is 15.0. The van der Waals surface area contributed by atoms with Gasteiger partial charge in [0.05, 0.1) is 11.7 Å². The quantitative estimate of drug-likeness (QED) is 0.483. The highest BCUT2D eigenvalue weighted by atomic mass is 32.2. The molecule has 1 aromatic heterocycles. The maximum absolute atomic E-state index is 13.1. The molecule has 11 heteroatoms. The van der Waals surface area contributed by atoms with Crippen molar-refractivity contribution in [1.82, 2.24) is 15.5 Å². The van der Waals surface area contributed by atoms with Gasteiger partial charge in [0, 0.05) is 24.7 Å². The molecule has 1 aromatic carbocycles. The van der Waals surface area contributed by atoms with E-state index in [1.54, 1.807) is 0 Å². The van der Waals surface area contributed by atoms with Gasteiger partial charge in [0.15, 0.2) is 4.34 Å². The van der Waals surface area contributed by atoms with Crippen LogP contribution < -0.4 is 15.5 Å². The molecule has 2 aromatic rings. The van der Waals surface area contributed by atoms with Gasteiger partial charge in [-0.2, -0.15) is 0 Å². The fourth-order valence-electron chi connectivity index (χ4n) is 3.75. The predicted octanol–water partition coefficient (Wildman–Crippen LogP) is 2.82. The summed E-state index contributed by atoms with van der Waals surface area (Å²) in [5, 5.41) is 14.0. The molecule has 2 N–H and O–H groups in total. The SMILES string of the molecule is O=C(CSc1nnc(NC(=O)[C@H]2CC(=O)N(c3ccc(F)cc3)C2)s1)NC1CCCC1. The number of rotatable bonds is 7. The summed E-state index contributed by atoms with van der Waals surface area (Å²) in [6, 6.07) is 5.88. The number of carbonyl (C=O) groups excluding carboxylic acids is 3. The van der Waals surface area contributed by atoms with Gasteiger partial charge in [-0.3, -0.25) is 14.4 Å². The zero-order chi connectivity index (χ0) is 21.8. The lowest BCUT2D eigenvalue weighted by Crippen LogP contribution is -2.33. The summed E-state index contributed by atoms with van der Waals surface area (Å²) in [6.45, 7) is 0.220. The molecule has 1 saturated heterocycles. The van der Waals surface area contributed by atoms with Gasteiger partial charge in [-0.1, -0.05) is 35.9 Å². The van der Waals surface area contributed by atoms with Crippen LogP contribution in [-0.2, 0) is 14.4 Å². The molecule has 164 valence electrons. The maximum atomic E-state index is 13.1. The molecule has 1 aliphatic carbocycles. The van der Waals surface area contributed by atoms with Crippen molar-refractivity contribution in [3.8, 4) is 0 Å². The van der Waals surface area contributed by atoms with Crippen molar-refractivity contribution < 1.29 is 18.8 Å². The summed E-state index contributed by atoms with van der Waals surface area (Å²) >= 11 is 2.47. The summed E-state index contributed by atoms with van der Waals surface area (Å²) in [6.07, 6.45) is 4.46. The van der Waals surface area contributed by atoms with Crippen LogP contribution in [0.4, 0.5) is 15.2 Å². The van der Waals surface area contributed by atoms with E-state index in [2.05, 4.69) is 20.8 Å². The van der Waals surface area contributed by atoms with Gasteiger partial charge in [0.1, 0.15) is 5.82 Å². The number of hydrogen-bond donors (Lipinski definition) is 2. The number of amides is 3. The van der Waals surface area contributed by atoms with E-state index in [0.717, 1.165) is 25.7 Å². The van der Waals surface area contributed by atoms with Crippen molar-refractivity contribution in [3.63, 3.8) is 0 Å². The number of nitrogens with one attached hydrogen (secondary N) is 2. The van der Waals surface area contributed by atoms with E-state index >= 15 is 0 Å². The fourth-order valence-corrected chi connectivity index (χ4v) is 5.31. The highest BCUT2D eigenvalue weighted by Gasteiger charge is 2.35. The average molecular weight is 464 g/mol. The molecule has 31 heavy (non-hydrogen) atoms. The molecule has 2 heterocycles. The van der Waals surface area contributed by atoms with E-state index in [1.165, 1.54) is 52.3 Å². The number of anilines is 2. The van der Waals surface area contributed by atoms with Gasteiger partial charge in [0.2, 0.25) is 22.9 Å². The Bertz CT molecular complexity index is 962. The topological polar surface area (TPSA) is 104 Å². The molecule has 1 saturated carbocycles. The second-order valence-corrected chi connectivity index (χ2v) is 9.78. The van der Waals surface area contributed by atoms with Gasteiger partial charge in [0.25, 0.3) is 0 Å². The zero-order valence-electron chi connectivity index (χ0n) is 16.7. The number of carbonyl (C=O) groups is 3. The summed E-state index contributed by atoms with van der Waals surface area (Å²) in [7, 11) is 0. The lowest BCUT2D eigenvalue weighted by atomic mass is 10.1. The van der Waals surface area contributed by atoms with Crippen LogP contribution in [0.15, 0.2) is 28.6 Å². The van der Waals surface area contributed by atoms with Gasteiger partial charge in [-0.15, -0.1) is 10.2 Å². The highest BCUT2D eigenvalue weighted by Crippen LogP contribution is 2.29. The Morgan fingerprint density at radius 3 is 2.68 bits per heavy atom. The molecule has 0 radical (unpaired) electrons. The van der Waals surface area contributed by atoms with Crippen molar-refractivity contribution in [2.75, 3.05) is 22.5 Å². The van der Waals surface area contributed by atoms with Crippen molar-refractivity contribution in [3.05, 3.63) is 30.1 Å². The van der Waals surface area contributed by atoms with Crippen molar-refractivity contribution in [2.24, 2.45) is 5.92 Å². The first-order valence-electron chi connectivity index (χ1n) is 10.1. The molecule has 4 rings (SSSR count). The second kappa shape index (κ2) is 9.73. The molecular weight excluding hydrogens is 441 g/mol. The maximum Gasteiger partial charge on any atom is 0.231 e. The Kier molecular flexibility index (Phi) is 6.81. The smallest absolute Gasteiger partial charge is 0.231 e. The molecule has 2 fully saturated rings. The van der Waals surface area contributed by atoms with Gasteiger partial charge < -0.3 is 15.5 Å². The number of thioether (sulfide) groups is 1. The molecule has 2 aliphatic rings. The molecule has 0 bridgehead atoms. The van der Waals surface area contributed by atoms with Crippen LogP contribution in [-0.4, -0.2) is 46.3 Å². The molecule has 1 atom stereocenters. The van der Waals surface area contributed by atoms with Crippen molar-refractivity contribution >= 4 is 51.6 Å². The molecule has 0 spiro atoms. The summed E-state index contributed by atoms with van der Waals surface area (Å²) < 4.78 is 13.7. The van der Waals surface area contributed by atoms with Crippen molar-refractivity contribution in [2.45, 2.75) is 42.5 Å². The summed E-state index contributed by atoms with van der Waals surface area (Å²) in [4.78, 5) is 38.4. The number of aromatic nitrogens is 2. The molecule has 8 nitrogen and oxygen atoms in total. The van der Waals surface area contributed by atoms with Crippen LogP contribution in [0.2, 0.25) is 0 Å². The van der Waals surface area contributed by atoms with Gasteiger partial charge in [-0.05, 0) is 37.1 Å². The van der Waals surface area contributed by atoms with E-state index in [1.807, 2.05) is 0 Å². The summed E-state index contributed by atoms with van der Waals surface area (Å²) in [5.41, 5.74) is 0.562. The number of hydrogen-bond acceptors (Lipinski definition) is 7. The number of nitrogens with zero attached hydrogens (tertiary/aromatic N) is 3. The molecular formula is C20H22FN5O3S2. The third kappa shape index (κ3) is 5.59. The average Bonchev–Trinajstić information content (AvgIpc) is 3.49. The summed E-state index contributed by atoms with van der Waals surface area (Å²) in [5.74, 6) is -1.19. The minimum Gasteiger partial charge on any atom is -0.353 e. The van der Waals surface area contributed by atoms with E-state index < -0.39 is 5.92 Å². The third-order valence-corrected chi connectivity index (χ3v) is 7.29. The van der Waals surface area contributed by atoms with Crippen LogP contribution >= 0.6 is 23.1 Å². The first kappa shape index (κ1) is 21.7. The van der Waals surface area contributed by atoms with E-state index in [-0.39, 0.29) is 48.3 Å². The Morgan fingerprint density at radius 2 is 1.94 bits per heavy atom. The Labute approximate surface area is 187 Å². The molecule has 1 aliphatic heterocycles. The Balaban J connectivity index is 1.26. The fraction of sp³-hybridized carbons (Fsp3) is 0.450. The third-order valence-electron chi connectivity index (χ3n) is 5.32. The zero-order valence-corrected chi connectivity index (χ0v) is 18.3. The monoisotopic (exact) mass is 463 g/mol. The van der Waals surface area contributed by atoms with Crippen LogP contribution in [0.25, 0.3) is 0 Å². The van der Waals surface area contributed by atoms with Crippen LogP contribution in [0.3, 0.4) is 0 Å².